The highest BCUT2D eigenvalue weighted by atomic mass is 19.1. The number of aryl methyl sites for hydroxylation is 1. The van der Waals surface area contributed by atoms with Gasteiger partial charge in [0.1, 0.15) is 5.75 Å². The van der Waals surface area contributed by atoms with Crippen molar-refractivity contribution in [1.29, 1.82) is 0 Å². The number of hydrogen-bond acceptors (Lipinski definition) is 2. The van der Waals surface area contributed by atoms with Crippen LogP contribution >= 0.6 is 0 Å². The molecule has 4 heteroatoms. The Balaban J connectivity index is 2.50. The van der Waals surface area contributed by atoms with E-state index in [1.165, 1.54) is 0 Å². The molecule has 0 amide bonds. The van der Waals surface area contributed by atoms with Gasteiger partial charge in [0.15, 0.2) is 0 Å². The van der Waals surface area contributed by atoms with Crippen LogP contribution < -0.4 is 4.74 Å². The molecule has 1 aromatic carbocycles. The van der Waals surface area contributed by atoms with Crippen molar-refractivity contribution < 1.29 is 19.0 Å². The van der Waals surface area contributed by atoms with E-state index in [9.17, 15) is 9.18 Å². The third-order valence-corrected chi connectivity index (χ3v) is 1.77. The maximum Gasteiger partial charge on any atom is 0.303 e. The fourth-order valence-corrected chi connectivity index (χ4v) is 1.07. The number of alkyl halides is 1. The molecule has 14 heavy (non-hydrogen) atoms. The molecule has 1 N–H and O–H groups in total. The summed E-state index contributed by atoms with van der Waals surface area (Å²) >= 11 is 0. The highest BCUT2D eigenvalue weighted by Crippen LogP contribution is 2.13. The predicted octanol–water partition coefficient (Wildman–Crippen LogP) is 2.01. The van der Waals surface area contributed by atoms with Gasteiger partial charge in [-0.3, -0.25) is 4.79 Å². The zero-order valence-corrected chi connectivity index (χ0v) is 7.57. The third-order valence-electron chi connectivity index (χ3n) is 1.77. The van der Waals surface area contributed by atoms with Crippen LogP contribution in [-0.4, -0.2) is 17.9 Å². The Labute approximate surface area is 81.1 Å². The average molecular weight is 198 g/mol. The van der Waals surface area contributed by atoms with Crippen molar-refractivity contribution in [3.8, 4) is 5.75 Å². The summed E-state index contributed by atoms with van der Waals surface area (Å²) in [5.74, 6) is -0.374. The van der Waals surface area contributed by atoms with E-state index in [1.54, 1.807) is 24.3 Å². The molecule has 0 unspecified atom stereocenters. The van der Waals surface area contributed by atoms with Crippen molar-refractivity contribution in [3.05, 3.63) is 29.8 Å². The largest absolute Gasteiger partial charge is 0.481 e. The number of carboxylic acid groups (broad SMARTS) is 1. The molecule has 0 bridgehead atoms. The van der Waals surface area contributed by atoms with Gasteiger partial charge in [0.2, 0.25) is 6.86 Å². The Morgan fingerprint density at radius 3 is 2.50 bits per heavy atom. The number of carboxylic acids is 1. The standard InChI is InChI=1S/C10H11FO3/c11-7-14-9-4-1-8(2-5-9)3-6-10(12)13/h1-2,4-5H,3,6-7H2,(H,12,13). The molecule has 0 fully saturated rings. The molecule has 0 aliphatic rings. The van der Waals surface area contributed by atoms with Crippen molar-refractivity contribution in [1.82, 2.24) is 0 Å². The van der Waals surface area contributed by atoms with E-state index in [4.69, 9.17) is 5.11 Å². The summed E-state index contributed by atoms with van der Waals surface area (Å²) in [6, 6.07) is 6.70. The van der Waals surface area contributed by atoms with Crippen molar-refractivity contribution >= 4 is 5.97 Å². The van der Waals surface area contributed by atoms with Gasteiger partial charge in [0, 0.05) is 6.42 Å². The monoisotopic (exact) mass is 198 g/mol. The van der Waals surface area contributed by atoms with Crippen LogP contribution in [0.25, 0.3) is 0 Å². The topological polar surface area (TPSA) is 46.5 Å². The van der Waals surface area contributed by atoms with Crippen molar-refractivity contribution in [2.45, 2.75) is 12.8 Å². The average Bonchev–Trinajstić information content (AvgIpc) is 2.17. The minimum absolute atomic E-state index is 0.101. The van der Waals surface area contributed by atoms with E-state index in [-0.39, 0.29) is 6.42 Å². The summed E-state index contributed by atoms with van der Waals surface area (Å²) in [6.07, 6.45) is 0.578. The number of aliphatic carboxylic acids is 1. The number of rotatable bonds is 5. The minimum Gasteiger partial charge on any atom is -0.481 e. The Bertz CT molecular complexity index is 295. The molecule has 0 aliphatic heterocycles. The van der Waals surface area contributed by atoms with Crippen molar-refractivity contribution in [2.75, 3.05) is 6.86 Å². The lowest BCUT2D eigenvalue weighted by molar-refractivity contribution is -0.136. The fourth-order valence-electron chi connectivity index (χ4n) is 1.07. The normalized spacial score (nSPS) is 9.79. The van der Waals surface area contributed by atoms with Gasteiger partial charge in [-0.05, 0) is 24.1 Å². The molecule has 0 radical (unpaired) electrons. The highest BCUT2D eigenvalue weighted by molar-refractivity contribution is 5.67. The molecule has 3 nitrogen and oxygen atoms in total. The second-order valence-electron chi connectivity index (χ2n) is 2.79. The second kappa shape index (κ2) is 5.21. The van der Waals surface area contributed by atoms with Crippen LogP contribution in [0.2, 0.25) is 0 Å². The summed E-state index contributed by atoms with van der Waals surface area (Å²) < 4.78 is 16.3. The molecule has 0 saturated carbocycles. The Hall–Kier alpha value is -1.58. The van der Waals surface area contributed by atoms with E-state index in [0.717, 1.165) is 5.56 Å². The maximum atomic E-state index is 11.7. The number of hydrogen-bond donors (Lipinski definition) is 1. The molecule has 1 rings (SSSR count). The molecule has 0 atom stereocenters. The van der Waals surface area contributed by atoms with Crippen LogP contribution in [-0.2, 0) is 11.2 Å². The van der Waals surface area contributed by atoms with Gasteiger partial charge in [0.25, 0.3) is 0 Å². The number of carbonyl (C=O) groups is 1. The van der Waals surface area contributed by atoms with E-state index in [2.05, 4.69) is 4.74 Å². The molecule has 0 saturated heterocycles. The smallest absolute Gasteiger partial charge is 0.303 e. The molecule has 0 spiro atoms. The zero-order valence-electron chi connectivity index (χ0n) is 7.57. The molecule has 76 valence electrons. The molecular weight excluding hydrogens is 187 g/mol. The second-order valence-corrected chi connectivity index (χ2v) is 2.79. The van der Waals surface area contributed by atoms with Crippen LogP contribution in [0.15, 0.2) is 24.3 Å². The molecular formula is C10H11FO3. The molecule has 1 aromatic rings. The number of benzene rings is 1. The summed E-state index contributed by atoms with van der Waals surface area (Å²) in [7, 11) is 0. The van der Waals surface area contributed by atoms with Crippen molar-refractivity contribution in [3.63, 3.8) is 0 Å². The van der Waals surface area contributed by atoms with Crippen LogP contribution in [0.4, 0.5) is 4.39 Å². The van der Waals surface area contributed by atoms with E-state index < -0.39 is 12.8 Å². The first kappa shape index (κ1) is 10.5. The van der Waals surface area contributed by atoms with Gasteiger partial charge in [-0.25, -0.2) is 4.39 Å². The summed E-state index contributed by atoms with van der Waals surface area (Å²) in [5.41, 5.74) is 0.901. The van der Waals surface area contributed by atoms with Gasteiger partial charge in [-0.15, -0.1) is 0 Å². The summed E-state index contributed by atoms with van der Waals surface area (Å²) in [5, 5.41) is 8.44. The molecule has 0 aromatic heterocycles. The number of halogens is 1. The lowest BCUT2D eigenvalue weighted by Gasteiger charge is -2.02. The quantitative estimate of drug-likeness (QED) is 0.787. The first-order valence-corrected chi connectivity index (χ1v) is 4.22. The third kappa shape index (κ3) is 3.43. The summed E-state index contributed by atoms with van der Waals surface area (Å²) in [6.45, 7) is -0.853. The van der Waals surface area contributed by atoms with Gasteiger partial charge in [0.05, 0.1) is 0 Å². The van der Waals surface area contributed by atoms with Crippen molar-refractivity contribution in [2.24, 2.45) is 0 Å². The minimum atomic E-state index is -0.853. The summed E-state index contributed by atoms with van der Waals surface area (Å²) in [4.78, 5) is 10.3. The zero-order chi connectivity index (χ0) is 10.4. The lowest BCUT2D eigenvalue weighted by atomic mass is 10.1. The Morgan fingerprint density at radius 2 is 2.00 bits per heavy atom. The number of ether oxygens (including phenoxy) is 1. The predicted molar refractivity (Wildman–Crippen MR) is 49.0 cm³/mol. The lowest BCUT2D eigenvalue weighted by Crippen LogP contribution is -1.97. The van der Waals surface area contributed by atoms with E-state index in [1.807, 2.05) is 0 Å². The van der Waals surface area contributed by atoms with Gasteiger partial charge < -0.3 is 9.84 Å². The Morgan fingerprint density at radius 1 is 1.36 bits per heavy atom. The van der Waals surface area contributed by atoms with Gasteiger partial charge in [-0.1, -0.05) is 12.1 Å². The molecule has 0 heterocycles. The van der Waals surface area contributed by atoms with Gasteiger partial charge in [-0.2, -0.15) is 0 Å². The SMILES string of the molecule is O=C(O)CCc1ccc(OCF)cc1. The van der Waals surface area contributed by atoms with Crippen LogP contribution in [0.5, 0.6) is 5.75 Å². The van der Waals surface area contributed by atoms with Crippen LogP contribution in [0.1, 0.15) is 12.0 Å². The first-order valence-electron chi connectivity index (χ1n) is 4.22. The van der Waals surface area contributed by atoms with E-state index >= 15 is 0 Å². The molecule has 0 aliphatic carbocycles. The fraction of sp³-hybridized carbons (Fsp3) is 0.300. The van der Waals surface area contributed by atoms with Gasteiger partial charge >= 0.3 is 5.97 Å². The first-order chi connectivity index (χ1) is 6.72. The van der Waals surface area contributed by atoms with Crippen LogP contribution in [0, 0.1) is 0 Å². The van der Waals surface area contributed by atoms with E-state index in [0.29, 0.717) is 12.2 Å². The Kier molecular flexibility index (Phi) is 3.91. The van der Waals surface area contributed by atoms with Crippen LogP contribution in [0.3, 0.4) is 0 Å². The highest BCUT2D eigenvalue weighted by Gasteiger charge is 1.99. The maximum absolute atomic E-state index is 11.7.